The van der Waals surface area contributed by atoms with Gasteiger partial charge in [0, 0.05) is 79.2 Å². The van der Waals surface area contributed by atoms with E-state index < -0.39 is 46.0 Å². The van der Waals surface area contributed by atoms with Crippen molar-refractivity contribution in [1.29, 1.82) is 0 Å². The monoisotopic (exact) mass is 925 g/mol. The number of aromatic nitrogens is 3. The van der Waals surface area contributed by atoms with Crippen molar-refractivity contribution < 1.29 is 38.1 Å². The first kappa shape index (κ1) is 46.8. The maximum Gasteiger partial charge on any atom is 0.324 e. The van der Waals surface area contributed by atoms with Crippen molar-refractivity contribution >= 4 is 56.3 Å². The minimum absolute atomic E-state index is 0.0274. The average Bonchev–Trinajstić information content (AvgIpc) is 3.87. The Labute approximate surface area is 388 Å². The van der Waals surface area contributed by atoms with Gasteiger partial charge in [-0.05, 0) is 68.9 Å². The van der Waals surface area contributed by atoms with E-state index in [-0.39, 0.29) is 37.6 Å². The summed E-state index contributed by atoms with van der Waals surface area (Å²) in [6.45, 7) is 15.1. The van der Waals surface area contributed by atoms with Gasteiger partial charge in [0.2, 0.25) is 5.91 Å². The molecule has 2 N–H and O–H groups in total. The molecule has 4 aliphatic heterocycles. The molecule has 7 heterocycles. The van der Waals surface area contributed by atoms with Crippen molar-refractivity contribution in [3.63, 3.8) is 0 Å². The van der Waals surface area contributed by atoms with Gasteiger partial charge in [0.25, 0.3) is 5.91 Å². The minimum Gasteiger partial charge on any atom is -0.464 e. The van der Waals surface area contributed by atoms with Crippen molar-refractivity contribution in [2.24, 2.45) is 11.3 Å². The Morgan fingerprint density at radius 3 is 2.62 bits per heavy atom. The van der Waals surface area contributed by atoms with Gasteiger partial charge in [-0.2, -0.15) is 0 Å². The zero-order valence-electron chi connectivity index (χ0n) is 38.7. The molecule has 0 saturated carbocycles. The predicted octanol–water partition coefficient (Wildman–Crippen LogP) is 4.88. The number of ether oxygens (including phenoxy) is 4. The lowest BCUT2D eigenvalue weighted by Gasteiger charge is -2.48. The standard InChI is InChI=1S/C47H61N8O8SSi/c1-9-54-36-15-14-30-20-32(36)33(40(54)31-12-10-16-48-38(31)29(4)60-8)21-45(5,6)25-62-42(57)34-13-11-17-55(51-34)43(58)47(65,22-37-49-35(30)23-64-37)50-41(56)39(28(2)3)52(7)44(59)53-18-19-63-46(24-53)26-61-27-46/h10,12,14-16,20,23,28-29,34,39,51H,9,11,13,17-19,21-22,24-27H2,1-8H3,(H,50,56)/t29-,34-,39-,47-/m0/s1. The number of fused-ring (bicyclic) bond motifs is 6. The number of cyclic esters (lactones) is 1. The van der Waals surface area contributed by atoms with Gasteiger partial charge in [-0.1, -0.05) is 33.8 Å². The number of nitrogens with one attached hydrogen (secondary N) is 2. The number of methoxy groups -OCH3 is 1. The number of nitrogens with zero attached hydrogens (tertiary/aromatic N) is 6. The number of likely N-dealkylation sites (N-methyl/N-ethyl adjacent to an activating group) is 1. The highest BCUT2D eigenvalue weighted by Crippen LogP contribution is 2.42. The van der Waals surface area contributed by atoms with Gasteiger partial charge in [0.1, 0.15) is 22.8 Å². The quantitative estimate of drug-likeness (QED) is 0.183. The number of hydrogen-bond donors (Lipinski definition) is 2. The van der Waals surface area contributed by atoms with Crippen LogP contribution in [0, 0.1) is 11.3 Å². The molecule has 4 aromatic rings. The molecule has 65 heavy (non-hydrogen) atoms. The molecular formula is C47H61N8O8SSi. The molecule has 18 heteroatoms. The van der Waals surface area contributed by atoms with Gasteiger partial charge < -0.3 is 38.6 Å². The maximum atomic E-state index is 14.9. The maximum absolute atomic E-state index is 14.9. The highest BCUT2D eigenvalue weighted by Gasteiger charge is 2.48. The van der Waals surface area contributed by atoms with E-state index in [4.69, 9.17) is 28.9 Å². The molecule has 4 atom stereocenters. The van der Waals surface area contributed by atoms with Crippen molar-refractivity contribution in [2.45, 2.75) is 103 Å². The molecule has 1 spiro atoms. The molecule has 6 bridgehead atoms. The summed E-state index contributed by atoms with van der Waals surface area (Å²) >= 11 is 1.39. The number of pyridine rings is 1. The summed E-state index contributed by atoms with van der Waals surface area (Å²) in [6.07, 6.45) is 3.06. The fraction of sp³-hybridized carbons (Fsp3) is 0.574. The number of rotatable bonds is 8. The Morgan fingerprint density at radius 1 is 1.12 bits per heavy atom. The number of amides is 4. The van der Waals surface area contributed by atoms with E-state index in [1.165, 1.54) is 21.2 Å². The second-order valence-corrected chi connectivity index (χ2v) is 20.9. The predicted molar refractivity (Wildman–Crippen MR) is 247 cm³/mol. The van der Waals surface area contributed by atoms with Gasteiger partial charge >= 0.3 is 12.0 Å². The van der Waals surface area contributed by atoms with Crippen molar-refractivity contribution in [1.82, 2.24) is 40.1 Å². The molecule has 347 valence electrons. The van der Waals surface area contributed by atoms with Crippen LogP contribution in [-0.4, -0.2) is 146 Å². The van der Waals surface area contributed by atoms with E-state index in [9.17, 15) is 19.2 Å². The molecule has 0 unspecified atom stereocenters. The van der Waals surface area contributed by atoms with Crippen LogP contribution in [0.15, 0.2) is 41.9 Å². The number of urea groups is 1. The summed E-state index contributed by atoms with van der Waals surface area (Å²) in [4.78, 5) is 70.6. The van der Waals surface area contributed by atoms with E-state index in [1.54, 1.807) is 25.3 Å². The number of carbonyl (C=O) groups is 4. The second kappa shape index (κ2) is 18.5. The smallest absolute Gasteiger partial charge is 0.324 e. The van der Waals surface area contributed by atoms with Crippen LogP contribution in [0.25, 0.3) is 33.4 Å². The third kappa shape index (κ3) is 9.21. The first-order valence-corrected chi connectivity index (χ1v) is 24.0. The van der Waals surface area contributed by atoms with Crippen LogP contribution in [-0.2, 0) is 52.7 Å². The zero-order chi connectivity index (χ0) is 46.4. The lowest BCUT2D eigenvalue weighted by molar-refractivity contribution is -0.232. The summed E-state index contributed by atoms with van der Waals surface area (Å²) in [5, 5.41) is 6.30. The van der Waals surface area contributed by atoms with Gasteiger partial charge in [-0.3, -0.25) is 24.4 Å². The fourth-order valence-electron chi connectivity index (χ4n) is 9.67. The van der Waals surface area contributed by atoms with Crippen molar-refractivity contribution in [3.8, 4) is 22.5 Å². The summed E-state index contributed by atoms with van der Waals surface area (Å²) < 4.78 is 25.6. The molecule has 8 rings (SSSR count). The highest BCUT2D eigenvalue weighted by atomic mass is 32.1. The number of hydrazine groups is 1. The Bertz CT molecular complexity index is 2450. The van der Waals surface area contributed by atoms with Crippen molar-refractivity contribution in [3.05, 3.63) is 58.2 Å². The topological polar surface area (TPSA) is 170 Å². The first-order chi connectivity index (χ1) is 31.0. The highest BCUT2D eigenvalue weighted by molar-refractivity contribution is 7.10. The molecular weight excluding hydrogens is 865 g/mol. The third-order valence-electron chi connectivity index (χ3n) is 13.1. The molecule has 16 nitrogen and oxygen atoms in total. The van der Waals surface area contributed by atoms with Gasteiger partial charge in [0.15, 0.2) is 0 Å². The number of thiazole rings is 1. The Kier molecular flexibility index (Phi) is 13.3. The Morgan fingerprint density at radius 2 is 1.91 bits per heavy atom. The van der Waals surface area contributed by atoms with Crippen LogP contribution >= 0.6 is 11.3 Å². The Hall–Kier alpha value is -4.72. The largest absolute Gasteiger partial charge is 0.464 e. The van der Waals surface area contributed by atoms with Crippen LogP contribution in [0.5, 0.6) is 0 Å². The fourth-order valence-corrected chi connectivity index (χ4v) is 11.1. The number of carbonyl (C=O) groups excluding carboxylic acids is 4. The molecule has 3 fully saturated rings. The second-order valence-electron chi connectivity index (χ2n) is 19.1. The van der Waals surface area contributed by atoms with Gasteiger partial charge in [-0.15, -0.1) is 11.3 Å². The van der Waals surface area contributed by atoms with Crippen LogP contribution in [0.2, 0.25) is 0 Å². The number of aryl methyl sites for hydroxylation is 1. The summed E-state index contributed by atoms with van der Waals surface area (Å²) in [5.74, 6) is -1.82. The molecule has 4 amide bonds. The van der Waals surface area contributed by atoms with Crippen LogP contribution in [0.3, 0.4) is 0 Å². The van der Waals surface area contributed by atoms with E-state index >= 15 is 0 Å². The molecule has 1 aromatic carbocycles. The number of hydrogen-bond acceptors (Lipinski definition) is 12. The van der Waals surface area contributed by atoms with Gasteiger partial charge in [-0.25, -0.2) is 15.2 Å². The Balaban J connectivity index is 1.18. The lowest BCUT2D eigenvalue weighted by atomic mass is 9.84. The lowest BCUT2D eigenvalue weighted by Crippen LogP contribution is -2.69. The summed E-state index contributed by atoms with van der Waals surface area (Å²) in [6, 6.07) is 8.34. The zero-order valence-corrected chi connectivity index (χ0v) is 40.5. The van der Waals surface area contributed by atoms with E-state index in [2.05, 4.69) is 70.6 Å². The van der Waals surface area contributed by atoms with Crippen LogP contribution < -0.4 is 10.7 Å². The average molecular weight is 926 g/mol. The SMILES string of the molecule is CCn1c(-c2cccnc2[C@H](C)OC)c2c3cc(ccc31)-c1csc(n1)C[C@@]([Si])(NC(=O)[C@H](C(C)C)N(C)C(=O)N1CCOC3(COC3)C1)C(=O)N1CCC[C@H](N1)C(=O)OCC(C)(C)C2. The number of morpholine rings is 1. The molecule has 3 saturated heterocycles. The number of benzene rings is 1. The van der Waals surface area contributed by atoms with Gasteiger partial charge in [0.05, 0.1) is 71.4 Å². The first-order valence-electron chi connectivity index (χ1n) is 22.6. The summed E-state index contributed by atoms with van der Waals surface area (Å²) in [7, 11) is 7.12. The summed E-state index contributed by atoms with van der Waals surface area (Å²) in [5.41, 5.74) is 8.70. The number of esters is 1. The molecule has 4 aliphatic rings. The molecule has 3 aromatic heterocycles. The van der Waals surface area contributed by atoms with Crippen molar-refractivity contribution in [2.75, 3.05) is 60.2 Å². The van der Waals surface area contributed by atoms with E-state index in [1.807, 2.05) is 32.2 Å². The normalized spacial score (nSPS) is 23.1. The van der Waals surface area contributed by atoms with Crippen LogP contribution in [0.4, 0.5) is 4.79 Å². The third-order valence-corrected chi connectivity index (χ3v) is 14.5. The molecule has 3 radical (unpaired) electrons. The molecule has 0 aliphatic carbocycles. The van der Waals surface area contributed by atoms with Crippen LogP contribution in [0.1, 0.15) is 76.8 Å². The minimum atomic E-state index is -1.73. The van der Waals surface area contributed by atoms with E-state index in [0.29, 0.717) is 63.7 Å². The van der Waals surface area contributed by atoms with E-state index in [0.717, 1.165) is 44.7 Å².